The molecule has 0 saturated carbocycles. The van der Waals surface area contributed by atoms with Crippen molar-refractivity contribution in [3.05, 3.63) is 47.0 Å². The zero-order valence-electron chi connectivity index (χ0n) is 8.44. The molecule has 3 nitrogen and oxygen atoms in total. The molecule has 0 aliphatic rings. The smallest absolute Gasteiger partial charge is 0.0996 e. The number of hydrogen-bond acceptors (Lipinski definition) is 2. The molecule has 0 fully saturated rings. The van der Waals surface area contributed by atoms with Gasteiger partial charge in [0.05, 0.1) is 17.7 Å². The molecule has 1 aromatic heterocycles. The molecule has 1 heterocycles. The van der Waals surface area contributed by atoms with Gasteiger partial charge in [0.25, 0.3) is 0 Å². The molecule has 2 aromatic rings. The van der Waals surface area contributed by atoms with Crippen LogP contribution in [0.15, 0.2) is 41.3 Å². The third-order valence-corrected chi connectivity index (χ3v) is 2.80. The van der Waals surface area contributed by atoms with Gasteiger partial charge in [-0.25, -0.2) is 4.98 Å². The zero-order valence-corrected chi connectivity index (χ0v) is 10.0. The van der Waals surface area contributed by atoms with Crippen LogP contribution in [-0.2, 0) is 6.54 Å². The van der Waals surface area contributed by atoms with Gasteiger partial charge in [0.2, 0.25) is 0 Å². The van der Waals surface area contributed by atoms with Gasteiger partial charge in [-0.15, -0.1) is 0 Å². The molecule has 0 spiro atoms. The van der Waals surface area contributed by atoms with Crippen molar-refractivity contribution in [2.24, 2.45) is 0 Å². The zero-order chi connectivity index (χ0) is 10.7. The van der Waals surface area contributed by atoms with E-state index in [1.165, 1.54) is 0 Å². The number of benzene rings is 1. The lowest BCUT2D eigenvalue weighted by atomic mass is 10.3. The van der Waals surface area contributed by atoms with Crippen LogP contribution in [0.3, 0.4) is 0 Å². The lowest BCUT2D eigenvalue weighted by Gasteiger charge is -2.03. The molecule has 1 N–H and O–H groups in total. The topological polar surface area (TPSA) is 29.9 Å². The second-order valence-corrected chi connectivity index (χ2v) is 4.11. The molecule has 15 heavy (non-hydrogen) atoms. The standard InChI is InChI=1S/C11H12BrN3/c1-13-6-9-7-15(8-14-9)11-5-3-2-4-10(11)12/h2-5,7-8,13H,6H2,1H3. The maximum absolute atomic E-state index is 4.30. The second-order valence-electron chi connectivity index (χ2n) is 3.25. The molecule has 0 saturated heterocycles. The highest BCUT2D eigenvalue weighted by atomic mass is 79.9. The fourth-order valence-corrected chi connectivity index (χ4v) is 1.92. The summed E-state index contributed by atoms with van der Waals surface area (Å²) in [4.78, 5) is 4.30. The van der Waals surface area contributed by atoms with Crippen LogP contribution in [0.25, 0.3) is 5.69 Å². The Kier molecular flexibility index (Phi) is 3.18. The van der Waals surface area contributed by atoms with E-state index in [1.807, 2.05) is 42.3 Å². The summed E-state index contributed by atoms with van der Waals surface area (Å²) in [6.45, 7) is 0.789. The van der Waals surface area contributed by atoms with Gasteiger partial charge in [0.15, 0.2) is 0 Å². The molecular formula is C11H12BrN3. The van der Waals surface area contributed by atoms with Crippen LogP contribution in [0.4, 0.5) is 0 Å². The van der Waals surface area contributed by atoms with Gasteiger partial charge in [-0.1, -0.05) is 12.1 Å². The van der Waals surface area contributed by atoms with Crippen LogP contribution in [0.2, 0.25) is 0 Å². The Balaban J connectivity index is 2.33. The van der Waals surface area contributed by atoms with Gasteiger partial charge >= 0.3 is 0 Å². The Morgan fingerprint density at radius 1 is 1.40 bits per heavy atom. The summed E-state index contributed by atoms with van der Waals surface area (Å²) in [5.41, 5.74) is 2.14. The number of nitrogens with zero attached hydrogens (tertiary/aromatic N) is 2. The Morgan fingerprint density at radius 3 is 2.93 bits per heavy atom. The number of imidazole rings is 1. The quantitative estimate of drug-likeness (QED) is 0.924. The van der Waals surface area contributed by atoms with E-state index < -0.39 is 0 Å². The van der Waals surface area contributed by atoms with Gasteiger partial charge in [-0.2, -0.15) is 0 Å². The fraction of sp³-hybridized carbons (Fsp3) is 0.182. The highest BCUT2D eigenvalue weighted by Gasteiger charge is 2.02. The monoisotopic (exact) mass is 265 g/mol. The predicted molar refractivity (Wildman–Crippen MR) is 64.0 cm³/mol. The van der Waals surface area contributed by atoms with E-state index in [4.69, 9.17) is 0 Å². The van der Waals surface area contributed by atoms with Gasteiger partial charge in [-0.05, 0) is 35.1 Å². The molecule has 78 valence electrons. The summed E-state index contributed by atoms with van der Waals surface area (Å²) >= 11 is 3.52. The molecule has 1 aromatic carbocycles. The maximum atomic E-state index is 4.30. The molecule has 4 heteroatoms. The first kappa shape index (κ1) is 10.4. The van der Waals surface area contributed by atoms with Crippen LogP contribution < -0.4 is 5.32 Å². The summed E-state index contributed by atoms with van der Waals surface area (Å²) < 4.78 is 3.08. The van der Waals surface area contributed by atoms with E-state index in [0.29, 0.717) is 0 Å². The van der Waals surface area contributed by atoms with Crippen molar-refractivity contribution in [2.75, 3.05) is 7.05 Å². The van der Waals surface area contributed by atoms with Crippen molar-refractivity contribution >= 4 is 15.9 Å². The van der Waals surface area contributed by atoms with E-state index in [2.05, 4.69) is 32.3 Å². The van der Waals surface area contributed by atoms with E-state index in [9.17, 15) is 0 Å². The summed E-state index contributed by atoms with van der Waals surface area (Å²) in [7, 11) is 1.91. The number of nitrogens with one attached hydrogen (secondary N) is 1. The Morgan fingerprint density at radius 2 is 2.20 bits per heavy atom. The predicted octanol–water partition coefficient (Wildman–Crippen LogP) is 2.35. The molecular weight excluding hydrogens is 254 g/mol. The van der Waals surface area contributed by atoms with Crippen LogP contribution >= 0.6 is 15.9 Å². The Bertz CT molecular complexity index is 451. The lowest BCUT2D eigenvalue weighted by molar-refractivity contribution is 0.796. The number of aromatic nitrogens is 2. The van der Waals surface area contributed by atoms with Crippen molar-refractivity contribution in [3.8, 4) is 5.69 Å². The first-order valence-corrected chi connectivity index (χ1v) is 5.53. The molecule has 2 rings (SSSR count). The van der Waals surface area contributed by atoms with Crippen LogP contribution in [0.1, 0.15) is 5.69 Å². The van der Waals surface area contributed by atoms with Gasteiger partial charge < -0.3 is 9.88 Å². The van der Waals surface area contributed by atoms with Crippen LogP contribution in [0.5, 0.6) is 0 Å². The highest BCUT2D eigenvalue weighted by molar-refractivity contribution is 9.10. The van der Waals surface area contributed by atoms with Crippen molar-refractivity contribution in [3.63, 3.8) is 0 Å². The molecule has 0 atom stereocenters. The Hall–Kier alpha value is -1.13. The average molecular weight is 266 g/mol. The molecule has 0 radical (unpaired) electrons. The number of halogens is 1. The lowest BCUT2D eigenvalue weighted by Crippen LogP contribution is -2.04. The minimum Gasteiger partial charge on any atom is -0.314 e. The minimum absolute atomic E-state index is 0.789. The molecule has 0 unspecified atom stereocenters. The van der Waals surface area contributed by atoms with Crippen LogP contribution in [0, 0.1) is 0 Å². The normalized spacial score (nSPS) is 10.5. The Labute approximate surface area is 97.3 Å². The largest absolute Gasteiger partial charge is 0.314 e. The van der Waals surface area contributed by atoms with Gasteiger partial charge in [0.1, 0.15) is 0 Å². The van der Waals surface area contributed by atoms with Crippen molar-refractivity contribution < 1.29 is 0 Å². The van der Waals surface area contributed by atoms with Gasteiger partial charge in [-0.3, -0.25) is 0 Å². The van der Waals surface area contributed by atoms with Crippen molar-refractivity contribution in [1.82, 2.24) is 14.9 Å². The van der Waals surface area contributed by atoms with E-state index in [1.54, 1.807) is 0 Å². The summed E-state index contributed by atoms with van der Waals surface area (Å²) in [5, 5.41) is 3.08. The number of hydrogen-bond donors (Lipinski definition) is 1. The number of rotatable bonds is 3. The van der Waals surface area contributed by atoms with Gasteiger partial charge in [0, 0.05) is 17.2 Å². The summed E-state index contributed by atoms with van der Waals surface area (Å²) in [5.74, 6) is 0. The van der Waals surface area contributed by atoms with E-state index in [-0.39, 0.29) is 0 Å². The minimum atomic E-state index is 0.789. The summed E-state index contributed by atoms with van der Waals surface area (Å²) in [6.07, 6.45) is 3.85. The van der Waals surface area contributed by atoms with Crippen LogP contribution in [-0.4, -0.2) is 16.6 Å². The molecule has 0 aliphatic carbocycles. The third-order valence-electron chi connectivity index (χ3n) is 2.12. The average Bonchev–Trinajstić information content (AvgIpc) is 2.68. The first-order chi connectivity index (χ1) is 7.31. The van der Waals surface area contributed by atoms with Crippen molar-refractivity contribution in [2.45, 2.75) is 6.54 Å². The molecule has 0 aliphatic heterocycles. The van der Waals surface area contributed by atoms with E-state index >= 15 is 0 Å². The SMILES string of the molecule is CNCc1cn(-c2ccccc2Br)cn1. The summed E-state index contributed by atoms with van der Waals surface area (Å²) in [6, 6.07) is 8.08. The first-order valence-electron chi connectivity index (χ1n) is 4.73. The van der Waals surface area contributed by atoms with E-state index in [0.717, 1.165) is 22.4 Å². The second kappa shape index (κ2) is 4.59. The van der Waals surface area contributed by atoms with Crippen molar-refractivity contribution in [1.29, 1.82) is 0 Å². The fourth-order valence-electron chi connectivity index (χ4n) is 1.43. The third kappa shape index (κ3) is 2.27. The molecule has 0 amide bonds. The maximum Gasteiger partial charge on any atom is 0.0996 e. The molecule has 0 bridgehead atoms. The number of para-hydroxylation sites is 1. The highest BCUT2D eigenvalue weighted by Crippen LogP contribution is 2.20.